The number of hydrogen-bond donors (Lipinski definition) is 2. The number of nitrogens with zero attached hydrogens (tertiary/aromatic N) is 2. The molecule has 5 nitrogen and oxygen atoms in total. The van der Waals surface area contributed by atoms with Gasteiger partial charge < -0.3 is 9.80 Å². The largest absolute Gasteiger partial charge is 0.366 e. The fraction of sp³-hybridized carbons (Fsp3) is 0.409. The molecule has 0 aromatic heterocycles. The van der Waals surface area contributed by atoms with Crippen molar-refractivity contribution in [1.82, 2.24) is 15.8 Å². The smallest absolute Gasteiger partial charge is 0.241 e. The molecule has 2 unspecified atom stereocenters. The Morgan fingerprint density at radius 3 is 2.43 bits per heavy atom. The predicted molar refractivity (Wildman–Crippen MR) is 108 cm³/mol. The highest BCUT2D eigenvalue weighted by Gasteiger charge is 2.34. The Bertz CT molecular complexity index is 818. The maximum absolute atomic E-state index is 14.0. The molecule has 0 bridgehead atoms. The summed E-state index contributed by atoms with van der Waals surface area (Å²) in [5, 5.41) is 0. The number of rotatable bonds is 4. The normalized spacial score (nSPS) is 22.5. The standard InChI is InChI=1S/C22H27FN4O/c1-2-16-7-9-17(10-8-16)19-15-20(25-24-19)22(28)27-13-11-26(12-14-27)21-6-4-3-5-18(21)23/h3-10,19-20,24-25H,2,11-15H2,1H3. The summed E-state index contributed by atoms with van der Waals surface area (Å²) < 4.78 is 14.0. The summed E-state index contributed by atoms with van der Waals surface area (Å²) in [6, 6.07) is 15.3. The molecule has 148 valence electrons. The summed E-state index contributed by atoms with van der Waals surface area (Å²) in [6.45, 7) is 4.66. The molecule has 4 rings (SSSR count). The predicted octanol–water partition coefficient (Wildman–Crippen LogP) is 2.64. The van der Waals surface area contributed by atoms with Gasteiger partial charge >= 0.3 is 0 Å². The molecular formula is C22H27FN4O. The van der Waals surface area contributed by atoms with Gasteiger partial charge in [-0.2, -0.15) is 0 Å². The van der Waals surface area contributed by atoms with Crippen LogP contribution in [0.2, 0.25) is 0 Å². The van der Waals surface area contributed by atoms with Crippen LogP contribution in [0.5, 0.6) is 0 Å². The number of benzene rings is 2. The third-order valence-corrected chi connectivity index (χ3v) is 5.78. The average Bonchev–Trinajstić information content (AvgIpc) is 3.24. The SMILES string of the molecule is CCc1ccc(C2CC(C(=O)N3CCN(c4ccccc4F)CC3)NN2)cc1. The van der Waals surface area contributed by atoms with Crippen LogP contribution in [0.15, 0.2) is 48.5 Å². The van der Waals surface area contributed by atoms with Gasteiger partial charge in [-0.1, -0.05) is 43.3 Å². The quantitative estimate of drug-likeness (QED) is 0.854. The van der Waals surface area contributed by atoms with Crippen molar-refractivity contribution in [2.45, 2.75) is 31.8 Å². The van der Waals surface area contributed by atoms with E-state index < -0.39 is 0 Å². The fourth-order valence-electron chi connectivity index (χ4n) is 4.02. The Labute approximate surface area is 165 Å². The lowest BCUT2D eigenvalue weighted by atomic mass is 9.99. The molecule has 2 aliphatic heterocycles. The van der Waals surface area contributed by atoms with Crippen molar-refractivity contribution < 1.29 is 9.18 Å². The van der Waals surface area contributed by atoms with Gasteiger partial charge in [-0.05, 0) is 36.1 Å². The molecule has 28 heavy (non-hydrogen) atoms. The Kier molecular flexibility index (Phi) is 5.59. The highest BCUT2D eigenvalue weighted by Crippen LogP contribution is 2.25. The zero-order valence-corrected chi connectivity index (χ0v) is 16.2. The molecule has 0 aliphatic carbocycles. The van der Waals surface area contributed by atoms with Crippen LogP contribution < -0.4 is 15.8 Å². The highest BCUT2D eigenvalue weighted by molar-refractivity contribution is 5.82. The van der Waals surface area contributed by atoms with Gasteiger partial charge in [0.2, 0.25) is 5.91 Å². The lowest BCUT2D eigenvalue weighted by Gasteiger charge is -2.37. The first-order valence-electron chi connectivity index (χ1n) is 10.0. The maximum Gasteiger partial charge on any atom is 0.241 e. The van der Waals surface area contributed by atoms with Crippen LogP contribution in [0.25, 0.3) is 0 Å². The molecule has 6 heteroatoms. The Hall–Kier alpha value is -2.44. The summed E-state index contributed by atoms with van der Waals surface area (Å²) in [4.78, 5) is 16.8. The van der Waals surface area contributed by atoms with Gasteiger partial charge in [0.05, 0.1) is 5.69 Å². The van der Waals surface area contributed by atoms with E-state index in [9.17, 15) is 9.18 Å². The second-order valence-electron chi connectivity index (χ2n) is 7.49. The minimum atomic E-state index is -0.226. The van der Waals surface area contributed by atoms with Gasteiger partial charge in [0.15, 0.2) is 0 Å². The van der Waals surface area contributed by atoms with Crippen molar-refractivity contribution in [2.24, 2.45) is 0 Å². The third-order valence-electron chi connectivity index (χ3n) is 5.78. The zero-order valence-electron chi connectivity index (χ0n) is 16.2. The second-order valence-corrected chi connectivity index (χ2v) is 7.49. The van der Waals surface area contributed by atoms with Crippen LogP contribution in [-0.4, -0.2) is 43.0 Å². The van der Waals surface area contributed by atoms with Crippen LogP contribution in [0, 0.1) is 5.82 Å². The van der Waals surface area contributed by atoms with Crippen LogP contribution in [-0.2, 0) is 11.2 Å². The number of para-hydroxylation sites is 1. The topological polar surface area (TPSA) is 47.6 Å². The average molecular weight is 382 g/mol. The summed E-state index contributed by atoms with van der Waals surface area (Å²) >= 11 is 0. The Morgan fingerprint density at radius 1 is 1.04 bits per heavy atom. The number of hydrogen-bond acceptors (Lipinski definition) is 4. The van der Waals surface area contributed by atoms with E-state index in [1.807, 2.05) is 15.9 Å². The van der Waals surface area contributed by atoms with Gasteiger partial charge in [0, 0.05) is 32.2 Å². The molecule has 2 heterocycles. The number of anilines is 1. The number of halogens is 1. The van der Waals surface area contributed by atoms with Crippen LogP contribution in [0.3, 0.4) is 0 Å². The molecule has 2 saturated heterocycles. The highest BCUT2D eigenvalue weighted by atomic mass is 19.1. The van der Waals surface area contributed by atoms with Gasteiger partial charge in [0.25, 0.3) is 0 Å². The van der Waals surface area contributed by atoms with Crippen molar-refractivity contribution in [3.63, 3.8) is 0 Å². The molecule has 0 radical (unpaired) electrons. The summed E-state index contributed by atoms with van der Waals surface area (Å²) in [7, 11) is 0. The molecule has 2 N–H and O–H groups in total. The first-order valence-corrected chi connectivity index (χ1v) is 10.0. The molecule has 2 atom stereocenters. The van der Waals surface area contributed by atoms with Gasteiger partial charge in [-0.25, -0.2) is 15.2 Å². The second kappa shape index (κ2) is 8.29. The van der Waals surface area contributed by atoms with E-state index in [2.05, 4.69) is 42.0 Å². The molecule has 0 saturated carbocycles. The Balaban J connectivity index is 1.32. The van der Waals surface area contributed by atoms with E-state index in [1.54, 1.807) is 12.1 Å². The summed E-state index contributed by atoms with van der Waals surface area (Å²) in [5.74, 6) is -0.0887. The zero-order chi connectivity index (χ0) is 19.5. The summed E-state index contributed by atoms with van der Waals surface area (Å²) in [6.07, 6.45) is 1.76. The van der Waals surface area contributed by atoms with Crippen molar-refractivity contribution in [1.29, 1.82) is 0 Å². The number of carbonyl (C=O) groups excluding carboxylic acids is 1. The molecule has 2 aliphatic rings. The number of aryl methyl sites for hydroxylation is 1. The first kappa shape index (κ1) is 18.9. The van der Waals surface area contributed by atoms with Crippen molar-refractivity contribution in [3.05, 3.63) is 65.5 Å². The van der Waals surface area contributed by atoms with Crippen molar-refractivity contribution in [3.8, 4) is 0 Å². The van der Waals surface area contributed by atoms with Crippen LogP contribution >= 0.6 is 0 Å². The third kappa shape index (κ3) is 3.88. The van der Waals surface area contributed by atoms with E-state index in [0.29, 0.717) is 31.9 Å². The number of hydrazine groups is 1. The molecule has 1 amide bonds. The van der Waals surface area contributed by atoms with Crippen molar-refractivity contribution in [2.75, 3.05) is 31.1 Å². The molecule has 2 aromatic carbocycles. The van der Waals surface area contributed by atoms with E-state index >= 15 is 0 Å². The minimum Gasteiger partial charge on any atom is -0.366 e. The first-order chi connectivity index (χ1) is 13.7. The van der Waals surface area contributed by atoms with E-state index in [-0.39, 0.29) is 23.8 Å². The van der Waals surface area contributed by atoms with Crippen molar-refractivity contribution >= 4 is 11.6 Å². The lowest BCUT2D eigenvalue weighted by molar-refractivity contribution is -0.133. The molecule has 2 aromatic rings. The van der Waals surface area contributed by atoms with Crippen LogP contribution in [0.4, 0.5) is 10.1 Å². The van der Waals surface area contributed by atoms with Gasteiger partial charge in [0.1, 0.15) is 11.9 Å². The monoisotopic (exact) mass is 382 g/mol. The molecule has 0 spiro atoms. The molecule has 2 fully saturated rings. The number of nitrogens with one attached hydrogen (secondary N) is 2. The number of amides is 1. The van der Waals surface area contributed by atoms with E-state index in [4.69, 9.17) is 0 Å². The number of carbonyl (C=O) groups is 1. The number of piperazine rings is 1. The van der Waals surface area contributed by atoms with Gasteiger partial charge in [-0.15, -0.1) is 0 Å². The van der Waals surface area contributed by atoms with Gasteiger partial charge in [-0.3, -0.25) is 4.79 Å². The van der Waals surface area contributed by atoms with E-state index in [0.717, 1.165) is 12.8 Å². The van der Waals surface area contributed by atoms with E-state index in [1.165, 1.54) is 17.2 Å². The van der Waals surface area contributed by atoms with Crippen LogP contribution in [0.1, 0.15) is 30.5 Å². The maximum atomic E-state index is 14.0. The lowest BCUT2D eigenvalue weighted by Crippen LogP contribution is -2.53. The minimum absolute atomic E-state index is 0.119. The summed E-state index contributed by atoms with van der Waals surface area (Å²) in [5.41, 5.74) is 9.56. The fourth-order valence-corrected chi connectivity index (χ4v) is 4.02. The molecular weight excluding hydrogens is 355 g/mol. The Morgan fingerprint density at radius 2 is 1.75 bits per heavy atom.